The summed E-state index contributed by atoms with van der Waals surface area (Å²) >= 11 is 7.64. The maximum atomic E-state index is 6.08. The lowest BCUT2D eigenvalue weighted by Gasteiger charge is -2.00. The molecule has 0 aromatic carbocycles. The van der Waals surface area contributed by atoms with Crippen molar-refractivity contribution in [1.29, 1.82) is 0 Å². The fourth-order valence-corrected chi connectivity index (χ4v) is 2.65. The van der Waals surface area contributed by atoms with Gasteiger partial charge in [-0.1, -0.05) is 22.9 Å². The normalized spacial score (nSPS) is 10.8. The fraction of sp³-hybridized carbons (Fsp3) is 0.417. The van der Waals surface area contributed by atoms with Crippen LogP contribution >= 0.6 is 22.9 Å². The van der Waals surface area contributed by atoms with Crippen LogP contribution in [0, 0.1) is 0 Å². The van der Waals surface area contributed by atoms with Crippen LogP contribution in [0.5, 0.6) is 0 Å². The van der Waals surface area contributed by atoms with Gasteiger partial charge in [-0.05, 0) is 6.07 Å². The van der Waals surface area contributed by atoms with Crippen LogP contribution in [-0.4, -0.2) is 42.0 Å². The Bertz CT molecular complexity index is 520. The smallest absolute Gasteiger partial charge is 0.149 e. The summed E-state index contributed by atoms with van der Waals surface area (Å²) in [6.45, 7) is 2.43. The van der Waals surface area contributed by atoms with Crippen LogP contribution in [0.1, 0.15) is 5.01 Å². The van der Waals surface area contributed by atoms with E-state index in [9.17, 15) is 0 Å². The molecule has 0 aliphatic carbocycles. The lowest BCUT2D eigenvalue weighted by molar-refractivity contribution is 0.199. The summed E-state index contributed by atoms with van der Waals surface area (Å²) in [5.41, 5.74) is 0.882. The summed E-state index contributed by atoms with van der Waals surface area (Å²) in [6.07, 6.45) is 4.17. The molecule has 0 amide bonds. The predicted molar refractivity (Wildman–Crippen MR) is 76.6 cm³/mol. The molecule has 0 radical (unpaired) electrons. The van der Waals surface area contributed by atoms with Gasteiger partial charge in [-0.3, -0.25) is 4.98 Å². The van der Waals surface area contributed by atoms with Crippen molar-refractivity contribution >= 4 is 22.9 Å². The lowest BCUT2D eigenvalue weighted by atomic mass is 10.3. The lowest BCUT2D eigenvalue weighted by Crippen LogP contribution is -2.21. The van der Waals surface area contributed by atoms with Crippen molar-refractivity contribution in [2.24, 2.45) is 0 Å². The summed E-state index contributed by atoms with van der Waals surface area (Å²) in [5, 5.41) is 14.0. The van der Waals surface area contributed by atoms with E-state index >= 15 is 0 Å². The van der Waals surface area contributed by atoms with Gasteiger partial charge < -0.3 is 10.1 Å². The molecule has 19 heavy (non-hydrogen) atoms. The highest BCUT2D eigenvalue weighted by molar-refractivity contribution is 7.14. The molecule has 0 unspecified atom stereocenters. The summed E-state index contributed by atoms with van der Waals surface area (Å²) < 4.78 is 4.96. The van der Waals surface area contributed by atoms with Gasteiger partial charge in [0.1, 0.15) is 10.0 Å². The Labute approximate surface area is 121 Å². The summed E-state index contributed by atoms with van der Waals surface area (Å²) in [6, 6.07) is 1.85. The van der Waals surface area contributed by atoms with Gasteiger partial charge in [0.15, 0.2) is 0 Å². The van der Waals surface area contributed by atoms with Crippen molar-refractivity contribution in [2.45, 2.75) is 6.42 Å². The molecule has 0 atom stereocenters. The molecule has 102 valence electrons. The van der Waals surface area contributed by atoms with Crippen molar-refractivity contribution in [3.8, 4) is 10.6 Å². The molecule has 2 rings (SSSR count). The van der Waals surface area contributed by atoms with Gasteiger partial charge in [-0.25, -0.2) is 0 Å². The SMILES string of the molecule is COCCNCCc1nnc(-c2ccncc2Cl)s1. The third-order valence-electron chi connectivity index (χ3n) is 2.47. The van der Waals surface area contributed by atoms with Crippen molar-refractivity contribution in [3.63, 3.8) is 0 Å². The first-order valence-corrected chi connectivity index (χ1v) is 7.12. The molecule has 0 spiro atoms. The van der Waals surface area contributed by atoms with Crippen LogP contribution in [0.25, 0.3) is 10.6 Å². The number of rotatable bonds is 7. The van der Waals surface area contributed by atoms with E-state index in [4.69, 9.17) is 16.3 Å². The quantitative estimate of drug-likeness (QED) is 0.793. The summed E-state index contributed by atoms with van der Waals surface area (Å²) in [7, 11) is 1.69. The molecular weight excluding hydrogens is 284 g/mol. The van der Waals surface area contributed by atoms with Crippen molar-refractivity contribution in [3.05, 3.63) is 28.5 Å². The number of hydrogen-bond acceptors (Lipinski definition) is 6. The van der Waals surface area contributed by atoms with Crippen LogP contribution in [0.15, 0.2) is 18.5 Å². The molecule has 7 heteroatoms. The van der Waals surface area contributed by atoms with Gasteiger partial charge in [0.25, 0.3) is 0 Å². The Morgan fingerprint density at radius 1 is 1.37 bits per heavy atom. The Morgan fingerprint density at radius 2 is 2.26 bits per heavy atom. The number of methoxy groups -OCH3 is 1. The van der Waals surface area contributed by atoms with Crippen LogP contribution in [-0.2, 0) is 11.2 Å². The highest BCUT2D eigenvalue weighted by Crippen LogP contribution is 2.29. The zero-order valence-electron chi connectivity index (χ0n) is 10.6. The second-order valence-corrected chi connectivity index (χ2v) is 5.32. The maximum Gasteiger partial charge on any atom is 0.149 e. The molecule has 5 nitrogen and oxygen atoms in total. The molecule has 0 aliphatic rings. The molecule has 0 aliphatic heterocycles. The molecule has 2 heterocycles. The van der Waals surface area contributed by atoms with Crippen molar-refractivity contribution < 1.29 is 4.74 Å². The molecule has 2 aromatic heterocycles. The first kappa shape index (κ1) is 14.3. The van der Waals surface area contributed by atoms with Gasteiger partial charge >= 0.3 is 0 Å². The first-order chi connectivity index (χ1) is 9.31. The Hall–Kier alpha value is -1.08. The van der Waals surface area contributed by atoms with Gasteiger partial charge in [-0.2, -0.15) is 0 Å². The third kappa shape index (κ3) is 4.21. The van der Waals surface area contributed by atoms with Gasteiger partial charge in [0, 0.05) is 44.6 Å². The van der Waals surface area contributed by atoms with E-state index in [2.05, 4.69) is 20.5 Å². The van der Waals surface area contributed by atoms with E-state index in [-0.39, 0.29) is 0 Å². The molecule has 0 bridgehead atoms. The minimum absolute atomic E-state index is 0.600. The topological polar surface area (TPSA) is 59.9 Å². The minimum Gasteiger partial charge on any atom is -0.383 e. The monoisotopic (exact) mass is 298 g/mol. The largest absolute Gasteiger partial charge is 0.383 e. The van der Waals surface area contributed by atoms with E-state index in [0.717, 1.165) is 35.1 Å². The highest BCUT2D eigenvalue weighted by Gasteiger charge is 2.09. The molecular formula is C12H15ClN4OS. The van der Waals surface area contributed by atoms with E-state index < -0.39 is 0 Å². The van der Waals surface area contributed by atoms with Crippen LogP contribution in [0.4, 0.5) is 0 Å². The molecule has 1 N–H and O–H groups in total. The van der Waals surface area contributed by atoms with E-state index in [1.807, 2.05) is 6.07 Å². The van der Waals surface area contributed by atoms with Gasteiger partial charge in [0.05, 0.1) is 11.6 Å². The summed E-state index contributed by atoms with van der Waals surface area (Å²) in [5.74, 6) is 0. The molecule has 0 fully saturated rings. The number of nitrogens with zero attached hydrogens (tertiary/aromatic N) is 3. The van der Waals surface area contributed by atoms with Crippen LogP contribution in [0.2, 0.25) is 5.02 Å². The number of ether oxygens (including phenoxy) is 1. The summed E-state index contributed by atoms with van der Waals surface area (Å²) in [4.78, 5) is 3.96. The highest BCUT2D eigenvalue weighted by atomic mass is 35.5. The van der Waals surface area contributed by atoms with Gasteiger partial charge in [-0.15, -0.1) is 10.2 Å². The average molecular weight is 299 g/mol. The van der Waals surface area contributed by atoms with E-state index in [1.54, 1.807) is 30.8 Å². The third-order valence-corrected chi connectivity index (χ3v) is 3.79. The average Bonchev–Trinajstić information content (AvgIpc) is 2.88. The van der Waals surface area contributed by atoms with Gasteiger partial charge in [0.2, 0.25) is 0 Å². The number of halogens is 1. The molecule has 2 aromatic rings. The van der Waals surface area contributed by atoms with Crippen molar-refractivity contribution in [2.75, 3.05) is 26.8 Å². The number of pyridine rings is 1. The fourth-order valence-electron chi connectivity index (χ4n) is 1.51. The Morgan fingerprint density at radius 3 is 3.05 bits per heavy atom. The zero-order valence-corrected chi connectivity index (χ0v) is 12.2. The second kappa shape index (κ2) is 7.49. The molecule has 0 saturated heterocycles. The van der Waals surface area contributed by atoms with Crippen molar-refractivity contribution in [1.82, 2.24) is 20.5 Å². The number of hydrogen-bond donors (Lipinski definition) is 1. The van der Waals surface area contributed by atoms with E-state index in [1.165, 1.54) is 0 Å². The van der Waals surface area contributed by atoms with Crippen LogP contribution < -0.4 is 5.32 Å². The molecule has 0 saturated carbocycles. The second-order valence-electron chi connectivity index (χ2n) is 3.85. The Kier molecular flexibility index (Phi) is 5.65. The van der Waals surface area contributed by atoms with E-state index in [0.29, 0.717) is 11.6 Å². The maximum absolute atomic E-state index is 6.08. The Balaban J connectivity index is 1.91. The zero-order chi connectivity index (χ0) is 13.5. The minimum atomic E-state index is 0.600. The number of aromatic nitrogens is 3. The standard InChI is InChI=1S/C12H15ClN4OS/c1-18-7-6-14-5-3-11-16-17-12(19-11)9-2-4-15-8-10(9)13/h2,4,8,14H,3,5-7H2,1H3. The predicted octanol–water partition coefficient (Wildman–Crippen LogP) is 2.03. The van der Waals surface area contributed by atoms with Crippen LogP contribution in [0.3, 0.4) is 0 Å². The number of nitrogens with one attached hydrogen (secondary N) is 1. The first-order valence-electron chi connectivity index (χ1n) is 5.93.